The number of amides is 1. The van der Waals surface area contributed by atoms with E-state index in [1.807, 2.05) is 24.0 Å². The summed E-state index contributed by atoms with van der Waals surface area (Å²) < 4.78 is 5.18. The van der Waals surface area contributed by atoms with Crippen LogP contribution >= 0.6 is 0 Å². The van der Waals surface area contributed by atoms with Gasteiger partial charge >= 0.3 is 0 Å². The second kappa shape index (κ2) is 6.75. The summed E-state index contributed by atoms with van der Waals surface area (Å²) in [5, 5.41) is 5.37. The van der Waals surface area contributed by atoms with E-state index >= 15 is 0 Å². The van der Waals surface area contributed by atoms with Crippen molar-refractivity contribution in [2.24, 2.45) is 0 Å². The molecule has 0 spiro atoms. The number of nitrogens with zero attached hydrogens (tertiary/aromatic N) is 2. The maximum atomic E-state index is 12.7. The van der Waals surface area contributed by atoms with Gasteiger partial charge in [-0.15, -0.1) is 0 Å². The fourth-order valence-electron chi connectivity index (χ4n) is 3.83. The molecule has 3 aromatic rings. The molecule has 2 aromatic heterocycles. The molecule has 0 unspecified atom stereocenters. The molecular weight excluding hydrogens is 314 g/mol. The molecule has 1 aromatic carbocycles. The van der Waals surface area contributed by atoms with Crippen molar-refractivity contribution in [3.05, 3.63) is 53.5 Å². The largest absolute Gasteiger partial charge is 0.361 e. The Bertz CT molecular complexity index is 880. The van der Waals surface area contributed by atoms with Crippen LogP contribution in [0.2, 0.25) is 0 Å². The highest BCUT2D eigenvalue weighted by atomic mass is 16.5. The zero-order valence-corrected chi connectivity index (χ0v) is 14.5. The van der Waals surface area contributed by atoms with Crippen LogP contribution in [0.15, 0.2) is 41.1 Å². The van der Waals surface area contributed by atoms with Crippen molar-refractivity contribution >= 4 is 16.8 Å². The number of para-hydroxylation sites is 1. The van der Waals surface area contributed by atoms with Gasteiger partial charge in [-0.05, 0) is 44.2 Å². The van der Waals surface area contributed by atoms with E-state index in [0.29, 0.717) is 6.42 Å². The fraction of sp³-hybridized carbons (Fsp3) is 0.400. The second-order valence-electron chi connectivity index (χ2n) is 6.82. The Balaban J connectivity index is 1.37. The third kappa shape index (κ3) is 3.18. The number of likely N-dealkylation sites (tertiary alicyclic amines) is 1. The molecule has 1 atom stereocenters. The maximum absolute atomic E-state index is 12.7. The fourth-order valence-corrected chi connectivity index (χ4v) is 3.83. The molecule has 1 saturated heterocycles. The van der Waals surface area contributed by atoms with E-state index in [9.17, 15) is 4.79 Å². The molecule has 3 heterocycles. The smallest absolute Gasteiger partial charge is 0.223 e. The Morgan fingerprint density at radius 3 is 3.12 bits per heavy atom. The molecule has 1 aliphatic rings. The zero-order valence-electron chi connectivity index (χ0n) is 14.5. The third-order valence-corrected chi connectivity index (χ3v) is 5.07. The number of aromatic nitrogens is 2. The number of nitrogens with one attached hydrogen (secondary N) is 1. The van der Waals surface area contributed by atoms with E-state index in [-0.39, 0.29) is 11.9 Å². The van der Waals surface area contributed by atoms with Crippen molar-refractivity contribution in [3.63, 3.8) is 0 Å². The standard InChI is InChI=1S/C20H23N3O2/c1-14-12-18(22-25-14)19-9-5-11-23(19)20(24)10-4-6-15-13-21-17-8-3-2-7-16(15)17/h2-3,7-8,12-13,19,21H,4-6,9-11H2,1H3/t19-/m1/s1. The van der Waals surface area contributed by atoms with Gasteiger partial charge in [0.15, 0.2) is 0 Å². The highest BCUT2D eigenvalue weighted by molar-refractivity contribution is 5.83. The molecule has 5 nitrogen and oxygen atoms in total. The monoisotopic (exact) mass is 337 g/mol. The number of rotatable bonds is 5. The molecule has 0 bridgehead atoms. The van der Waals surface area contributed by atoms with Crippen LogP contribution in [-0.2, 0) is 11.2 Å². The first kappa shape index (κ1) is 15.9. The Labute approximate surface area is 147 Å². The summed E-state index contributed by atoms with van der Waals surface area (Å²) in [6, 6.07) is 10.3. The highest BCUT2D eigenvalue weighted by Gasteiger charge is 2.31. The van der Waals surface area contributed by atoms with Gasteiger partial charge in [0, 0.05) is 36.1 Å². The van der Waals surface area contributed by atoms with E-state index in [2.05, 4.69) is 34.5 Å². The summed E-state index contributed by atoms with van der Waals surface area (Å²) in [5.74, 6) is 1.02. The molecule has 5 heteroatoms. The molecule has 0 radical (unpaired) electrons. The number of aryl methyl sites for hydroxylation is 2. The Morgan fingerprint density at radius 2 is 2.28 bits per heavy atom. The van der Waals surface area contributed by atoms with Crippen molar-refractivity contribution in [2.45, 2.75) is 45.1 Å². The lowest BCUT2D eigenvalue weighted by Crippen LogP contribution is -2.30. The van der Waals surface area contributed by atoms with E-state index in [1.165, 1.54) is 10.9 Å². The summed E-state index contributed by atoms with van der Waals surface area (Å²) in [4.78, 5) is 18.0. The minimum atomic E-state index is 0.0815. The van der Waals surface area contributed by atoms with Crippen LogP contribution in [-0.4, -0.2) is 27.5 Å². The van der Waals surface area contributed by atoms with Gasteiger partial charge in [-0.2, -0.15) is 0 Å². The first-order valence-electron chi connectivity index (χ1n) is 9.00. The van der Waals surface area contributed by atoms with E-state index in [0.717, 1.165) is 49.2 Å². The van der Waals surface area contributed by atoms with Crippen LogP contribution in [0.5, 0.6) is 0 Å². The Hall–Kier alpha value is -2.56. The zero-order chi connectivity index (χ0) is 17.2. The molecule has 130 valence electrons. The number of hydrogen-bond donors (Lipinski definition) is 1. The van der Waals surface area contributed by atoms with E-state index < -0.39 is 0 Å². The Kier molecular flexibility index (Phi) is 4.30. The average molecular weight is 337 g/mol. The predicted molar refractivity (Wildman–Crippen MR) is 96.2 cm³/mol. The minimum Gasteiger partial charge on any atom is -0.361 e. The van der Waals surface area contributed by atoms with Crippen molar-refractivity contribution < 1.29 is 9.32 Å². The molecule has 0 aliphatic carbocycles. The van der Waals surface area contributed by atoms with E-state index in [1.54, 1.807) is 0 Å². The van der Waals surface area contributed by atoms with Gasteiger partial charge in [0.2, 0.25) is 5.91 Å². The average Bonchev–Trinajstić information content (AvgIpc) is 3.34. The first-order valence-corrected chi connectivity index (χ1v) is 9.00. The van der Waals surface area contributed by atoms with Gasteiger partial charge in [-0.1, -0.05) is 23.4 Å². The summed E-state index contributed by atoms with van der Waals surface area (Å²) in [6.07, 6.45) is 6.42. The maximum Gasteiger partial charge on any atom is 0.223 e. The van der Waals surface area contributed by atoms with Crippen LogP contribution < -0.4 is 0 Å². The lowest BCUT2D eigenvalue weighted by Gasteiger charge is -2.23. The van der Waals surface area contributed by atoms with Crippen molar-refractivity contribution in [3.8, 4) is 0 Å². The van der Waals surface area contributed by atoms with Crippen LogP contribution in [0.3, 0.4) is 0 Å². The van der Waals surface area contributed by atoms with Crippen LogP contribution in [0.25, 0.3) is 10.9 Å². The van der Waals surface area contributed by atoms with Crippen LogP contribution in [0, 0.1) is 6.92 Å². The lowest BCUT2D eigenvalue weighted by molar-refractivity contribution is -0.132. The van der Waals surface area contributed by atoms with Crippen LogP contribution in [0.4, 0.5) is 0 Å². The number of fused-ring (bicyclic) bond motifs is 1. The van der Waals surface area contributed by atoms with Crippen molar-refractivity contribution in [1.82, 2.24) is 15.0 Å². The minimum absolute atomic E-state index is 0.0815. The van der Waals surface area contributed by atoms with Gasteiger partial charge in [-0.25, -0.2) is 0 Å². The number of carbonyl (C=O) groups excluding carboxylic acids is 1. The predicted octanol–water partition coefficient (Wildman–Crippen LogP) is 4.15. The third-order valence-electron chi connectivity index (χ3n) is 5.07. The van der Waals surface area contributed by atoms with Gasteiger partial charge in [0.05, 0.1) is 6.04 Å². The van der Waals surface area contributed by atoms with E-state index in [4.69, 9.17) is 4.52 Å². The molecular formula is C20H23N3O2. The van der Waals surface area contributed by atoms with Gasteiger partial charge in [0.25, 0.3) is 0 Å². The summed E-state index contributed by atoms with van der Waals surface area (Å²) in [5.41, 5.74) is 3.33. The lowest BCUT2D eigenvalue weighted by atomic mass is 10.1. The molecule has 4 rings (SSSR count). The number of benzene rings is 1. The quantitative estimate of drug-likeness (QED) is 0.761. The van der Waals surface area contributed by atoms with Crippen molar-refractivity contribution in [1.29, 1.82) is 0 Å². The number of aromatic amines is 1. The second-order valence-corrected chi connectivity index (χ2v) is 6.82. The van der Waals surface area contributed by atoms with Gasteiger partial charge in [0.1, 0.15) is 11.5 Å². The molecule has 1 amide bonds. The highest BCUT2D eigenvalue weighted by Crippen LogP contribution is 2.32. The Morgan fingerprint density at radius 1 is 1.40 bits per heavy atom. The van der Waals surface area contributed by atoms with Crippen LogP contribution in [0.1, 0.15) is 48.7 Å². The summed E-state index contributed by atoms with van der Waals surface area (Å²) in [7, 11) is 0. The van der Waals surface area contributed by atoms with Crippen molar-refractivity contribution in [2.75, 3.05) is 6.54 Å². The normalized spacial score (nSPS) is 17.5. The molecule has 1 N–H and O–H groups in total. The molecule has 0 saturated carbocycles. The molecule has 1 fully saturated rings. The first-order chi connectivity index (χ1) is 12.2. The SMILES string of the molecule is Cc1cc([C@H]2CCCN2C(=O)CCCc2c[nH]c3ccccc23)no1. The van der Waals surface area contributed by atoms with Gasteiger partial charge < -0.3 is 14.4 Å². The number of H-pyrrole nitrogens is 1. The summed E-state index contributed by atoms with van der Waals surface area (Å²) >= 11 is 0. The van der Waals surface area contributed by atoms with Gasteiger partial charge in [-0.3, -0.25) is 4.79 Å². The number of hydrogen-bond acceptors (Lipinski definition) is 3. The molecule has 1 aliphatic heterocycles. The summed E-state index contributed by atoms with van der Waals surface area (Å²) in [6.45, 7) is 2.71. The number of carbonyl (C=O) groups is 1. The molecule has 25 heavy (non-hydrogen) atoms. The topological polar surface area (TPSA) is 62.1 Å².